The van der Waals surface area contributed by atoms with E-state index in [9.17, 15) is 4.79 Å². The highest BCUT2D eigenvalue weighted by atomic mass is 16.5. The van der Waals surface area contributed by atoms with E-state index in [-0.39, 0.29) is 0 Å². The van der Waals surface area contributed by atoms with Crippen molar-refractivity contribution in [3.8, 4) is 5.82 Å². The first-order valence-electron chi connectivity index (χ1n) is 6.57. The van der Waals surface area contributed by atoms with Gasteiger partial charge in [0.25, 0.3) is 0 Å². The minimum Gasteiger partial charge on any atom is -0.464 e. The number of aromatic nitrogens is 5. The Bertz CT molecular complexity index is 765. The summed E-state index contributed by atoms with van der Waals surface area (Å²) < 4.78 is 6.24. The summed E-state index contributed by atoms with van der Waals surface area (Å²) in [5, 5.41) is 7.34. The second kappa shape index (κ2) is 6.08. The van der Waals surface area contributed by atoms with Crippen LogP contribution in [-0.2, 0) is 11.3 Å². The fraction of sp³-hybridized carbons (Fsp3) is 0.143. The van der Waals surface area contributed by atoms with Gasteiger partial charge in [0.05, 0.1) is 12.8 Å². The SMILES string of the molecule is COC(=O)c1cc(CNc2cccnc2-n2cncn2)c[nH]1. The van der Waals surface area contributed by atoms with Gasteiger partial charge in [0, 0.05) is 18.9 Å². The third kappa shape index (κ3) is 2.80. The number of hydrogen-bond donors (Lipinski definition) is 2. The molecular weight excluding hydrogens is 284 g/mol. The van der Waals surface area contributed by atoms with Crippen molar-refractivity contribution in [2.45, 2.75) is 6.54 Å². The van der Waals surface area contributed by atoms with Gasteiger partial charge in [-0.1, -0.05) is 0 Å². The molecule has 0 aliphatic rings. The van der Waals surface area contributed by atoms with Crippen molar-refractivity contribution >= 4 is 11.7 Å². The lowest BCUT2D eigenvalue weighted by Gasteiger charge is -2.09. The second-order valence-electron chi connectivity index (χ2n) is 4.48. The quantitative estimate of drug-likeness (QED) is 0.691. The normalized spacial score (nSPS) is 10.4. The maximum atomic E-state index is 11.4. The highest BCUT2D eigenvalue weighted by Gasteiger charge is 2.09. The van der Waals surface area contributed by atoms with Crippen LogP contribution >= 0.6 is 0 Å². The molecule has 22 heavy (non-hydrogen) atoms. The third-order valence-electron chi connectivity index (χ3n) is 3.05. The zero-order chi connectivity index (χ0) is 15.4. The molecule has 0 radical (unpaired) electrons. The lowest BCUT2D eigenvalue weighted by atomic mass is 10.3. The summed E-state index contributed by atoms with van der Waals surface area (Å²) in [7, 11) is 1.35. The minimum atomic E-state index is -0.393. The number of aromatic amines is 1. The zero-order valence-electron chi connectivity index (χ0n) is 11.9. The fourth-order valence-corrected chi connectivity index (χ4v) is 2.00. The van der Waals surface area contributed by atoms with Crippen LogP contribution in [-0.4, -0.2) is 37.8 Å². The van der Waals surface area contributed by atoms with Crippen LogP contribution in [0, 0.1) is 0 Å². The molecule has 0 fully saturated rings. The number of carbonyl (C=O) groups is 1. The summed E-state index contributed by atoms with van der Waals surface area (Å²) in [4.78, 5) is 22.5. The van der Waals surface area contributed by atoms with Gasteiger partial charge in [0.2, 0.25) is 0 Å². The van der Waals surface area contributed by atoms with Crippen molar-refractivity contribution in [2.75, 3.05) is 12.4 Å². The van der Waals surface area contributed by atoms with Crippen LogP contribution in [0.25, 0.3) is 5.82 Å². The van der Waals surface area contributed by atoms with E-state index in [2.05, 4.69) is 30.1 Å². The number of anilines is 1. The van der Waals surface area contributed by atoms with Gasteiger partial charge in [0.15, 0.2) is 5.82 Å². The number of carbonyl (C=O) groups excluding carboxylic acids is 1. The Morgan fingerprint density at radius 3 is 3.18 bits per heavy atom. The van der Waals surface area contributed by atoms with Gasteiger partial charge >= 0.3 is 5.97 Å². The number of nitrogens with one attached hydrogen (secondary N) is 2. The lowest BCUT2D eigenvalue weighted by molar-refractivity contribution is 0.0595. The van der Waals surface area contributed by atoms with Crippen LogP contribution in [0.5, 0.6) is 0 Å². The average molecular weight is 298 g/mol. The van der Waals surface area contributed by atoms with Crippen molar-refractivity contribution in [1.82, 2.24) is 24.7 Å². The molecule has 112 valence electrons. The summed E-state index contributed by atoms with van der Waals surface area (Å²) in [6.07, 6.45) is 6.48. The molecule has 0 aliphatic carbocycles. The number of H-pyrrole nitrogens is 1. The predicted molar refractivity (Wildman–Crippen MR) is 78.6 cm³/mol. The van der Waals surface area contributed by atoms with Gasteiger partial charge < -0.3 is 15.0 Å². The van der Waals surface area contributed by atoms with Gasteiger partial charge in [0.1, 0.15) is 18.3 Å². The fourth-order valence-electron chi connectivity index (χ4n) is 2.00. The molecule has 2 N–H and O–H groups in total. The smallest absolute Gasteiger partial charge is 0.354 e. The van der Waals surface area contributed by atoms with Crippen molar-refractivity contribution in [1.29, 1.82) is 0 Å². The first kappa shape index (κ1) is 13.8. The van der Waals surface area contributed by atoms with Gasteiger partial charge in [-0.25, -0.2) is 19.4 Å². The summed E-state index contributed by atoms with van der Waals surface area (Å²) in [6.45, 7) is 0.529. The standard InChI is InChI=1S/C14H14N6O2/c1-22-14(21)12-5-10(7-18-12)6-17-11-3-2-4-16-13(11)20-9-15-8-19-20/h2-5,7-9,17-18H,6H2,1H3. The van der Waals surface area contributed by atoms with Crippen molar-refractivity contribution < 1.29 is 9.53 Å². The van der Waals surface area contributed by atoms with Crippen molar-refractivity contribution in [3.05, 3.63) is 54.5 Å². The molecule has 8 heteroatoms. The Morgan fingerprint density at radius 1 is 1.50 bits per heavy atom. The van der Waals surface area contributed by atoms with Crippen molar-refractivity contribution in [3.63, 3.8) is 0 Å². The highest BCUT2D eigenvalue weighted by Crippen LogP contribution is 2.17. The summed E-state index contributed by atoms with van der Waals surface area (Å²) in [5.74, 6) is 0.264. The van der Waals surface area contributed by atoms with Gasteiger partial charge in [-0.05, 0) is 23.8 Å². The number of esters is 1. The first-order valence-corrected chi connectivity index (χ1v) is 6.57. The zero-order valence-corrected chi connectivity index (χ0v) is 11.9. The van der Waals surface area contributed by atoms with E-state index in [1.165, 1.54) is 13.4 Å². The number of methoxy groups -OCH3 is 1. The molecule has 0 spiro atoms. The average Bonchev–Trinajstić information content (AvgIpc) is 3.24. The predicted octanol–water partition coefficient (Wildman–Crippen LogP) is 1.39. The number of rotatable bonds is 5. The molecule has 0 aliphatic heterocycles. The van der Waals surface area contributed by atoms with E-state index in [4.69, 9.17) is 0 Å². The number of ether oxygens (including phenoxy) is 1. The van der Waals surface area contributed by atoms with Gasteiger partial charge in [-0.15, -0.1) is 0 Å². The Hall–Kier alpha value is -3.16. The Morgan fingerprint density at radius 2 is 2.41 bits per heavy atom. The third-order valence-corrected chi connectivity index (χ3v) is 3.05. The molecule has 8 nitrogen and oxygen atoms in total. The van der Waals surface area contributed by atoms with Crippen LogP contribution in [0.4, 0.5) is 5.69 Å². The van der Waals surface area contributed by atoms with E-state index in [1.807, 2.05) is 12.1 Å². The molecule has 0 saturated carbocycles. The monoisotopic (exact) mass is 298 g/mol. The summed E-state index contributed by atoms with van der Waals surface area (Å²) >= 11 is 0. The van der Waals surface area contributed by atoms with E-state index >= 15 is 0 Å². The molecule has 0 unspecified atom stereocenters. The van der Waals surface area contributed by atoms with Crippen LogP contribution in [0.15, 0.2) is 43.2 Å². The summed E-state index contributed by atoms with van der Waals surface area (Å²) in [5.41, 5.74) is 2.16. The molecule has 3 aromatic rings. The van der Waals surface area contributed by atoms with Crippen LogP contribution in [0.3, 0.4) is 0 Å². The molecule has 0 amide bonds. The molecule has 0 saturated heterocycles. The molecule has 0 bridgehead atoms. The summed E-state index contributed by atoms with van der Waals surface area (Å²) in [6, 6.07) is 5.47. The molecule has 0 aromatic carbocycles. The Labute approximate surface area is 126 Å². The maximum Gasteiger partial charge on any atom is 0.354 e. The van der Waals surface area contributed by atoms with Crippen LogP contribution in [0.1, 0.15) is 16.1 Å². The molecule has 3 rings (SSSR count). The molecule has 3 heterocycles. The minimum absolute atomic E-state index is 0.393. The molecular formula is C14H14N6O2. The van der Waals surface area contributed by atoms with Crippen LogP contribution < -0.4 is 5.32 Å². The lowest BCUT2D eigenvalue weighted by Crippen LogP contribution is -2.06. The van der Waals surface area contributed by atoms with Gasteiger partial charge in [-0.3, -0.25) is 0 Å². The Kier molecular flexibility index (Phi) is 3.82. The Balaban J connectivity index is 1.75. The van der Waals surface area contributed by atoms with Gasteiger partial charge in [-0.2, -0.15) is 5.10 Å². The molecule has 0 atom stereocenters. The van der Waals surface area contributed by atoms with Crippen molar-refractivity contribution in [2.24, 2.45) is 0 Å². The highest BCUT2D eigenvalue weighted by molar-refractivity contribution is 5.87. The largest absolute Gasteiger partial charge is 0.464 e. The van der Waals surface area contributed by atoms with E-state index in [0.717, 1.165) is 11.3 Å². The topological polar surface area (TPSA) is 97.7 Å². The maximum absolute atomic E-state index is 11.4. The molecule has 3 aromatic heterocycles. The van der Waals surface area contributed by atoms with E-state index in [1.54, 1.807) is 29.5 Å². The second-order valence-corrected chi connectivity index (χ2v) is 4.48. The van der Waals surface area contributed by atoms with E-state index in [0.29, 0.717) is 18.1 Å². The van der Waals surface area contributed by atoms with E-state index < -0.39 is 5.97 Å². The van der Waals surface area contributed by atoms with Crippen LogP contribution in [0.2, 0.25) is 0 Å². The first-order chi connectivity index (χ1) is 10.8. The number of hydrogen-bond acceptors (Lipinski definition) is 6. The number of pyridine rings is 1. The number of nitrogens with zero attached hydrogens (tertiary/aromatic N) is 4.